The van der Waals surface area contributed by atoms with Crippen LogP contribution in [0.15, 0.2) is 48.5 Å². The molecule has 0 fully saturated rings. The van der Waals surface area contributed by atoms with Crippen molar-refractivity contribution in [3.63, 3.8) is 0 Å². The first-order chi connectivity index (χ1) is 9.65. The molecule has 0 radical (unpaired) electrons. The van der Waals surface area contributed by atoms with E-state index in [1.807, 2.05) is 24.3 Å². The van der Waals surface area contributed by atoms with Crippen LogP contribution >= 0.6 is 0 Å². The number of anilines is 1. The van der Waals surface area contributed by atoms with Gasteiger partial charge in [-0.05, 0) is 35.7 Å². The van der Waals surface area contributed by atoms with E-state index in [4.69, 9.17) is 5.11 Å². The largest absolute Gasteiger partial charge is 0.481 e. The summed E-state index contributed by atoms with van der Waals surface area (Å²) in [5.74, 6) is -1.24. The molecule has 0 aliphatic carbocycles. The normalized spacial score (nSPS) is 14.9. The van der Waals surface area contributed by atoms with E-state index in [9.17, 15) is 4.79 Å². The van der Waals surface area contributed by atoms with Crippen molar-refractivity contribution in [1.29, 1.82) is 0 Å². The predicted molar refractivity (Wildman–Crippen MR) is 78.8 cm³/mol. The second-order valence-corrected chi connectivity index (χ2v) is 5.28. The van der Waals surface area contributed by atoms with E-state index >= 15 is 0 Å². The maximum Gasteiger partial charge on any atom is 0.310 e. The number of carboxylic acids is 1. The lowest BCUT2D eigenvalue weighted by atomic mass is 10.0. The van der Waals surface area contributed by atoms with Crippen LogP contribution in [0.25, 0.3) is 0 Å². The lowest BCUT2D eigenvalue weighted by Crippen LogP contribution is -2.14. The average Bonchev–Trinajstić information content (AvgIpc) is 2.90. The van der Waals surface area contributed by atoms with Gasteiger partial charge < -0.3 is 10.0 Å². The molecule has 1 atom stereocenters. The average molecular weight is 267 g/mol. The standard InChI is InChI=1S/C17H17NO2/c1-12(17(19)20)13-6-8-16(9-7-13)18-10-14-4-2-3-5-15(14)11-18/h2-9,12H,10-11H2,1H3,(H,19,20). The highest BCUT2D eigenvalue weighted by atomic mass is 16.4. The minimum absolute atomic E-state index is 0.458. The van der Waals surface area contributed by atoms with Gasteiger partial charge in [-0.2, -0.15) is 0 Å². The van der Waals surface area contributed by atoms with Crippen molar-refractivity contribution in [2.24, 2.45) is 0 Å². The van der Waals surface area contributed by atoms with Crippen molar-refractivity contribution < 1.29 is 9.90 Å². The van der Waals surface area contributed by atoms with Gasteiger partial charge in [-0.25, -0.2) is 0 Å². The van der Waals surface area contributed by atoms with E-state index in [1.54, 1.807) is 6.92 Å². The third kappa shape index (κ3) is 2.27. The van der Waals surface area contributed by atoms with Gasteiger partial charge in [0.2, 0.25) is 0 Å². The van der Waals surface area contributed by atoms with Crippen molar-refractivity contribution in [3.05, 3.63) is 65.2 Å². The molecule has 0 amide bonds. The van der Waals surface area contributed by atoms with Gasteiger partial charge in [0.05, 0.1) is 5.92 Å². The molecule has 1 aliphatic heterocycles. The summed E-state index contributed by atoms with van der Waals surface area (Å²) in [6.07, 6.45) is 0. The molecular formula is C17H17NO2. The Morgan fingerprint density at radius 2 is 1.60 bits per heavy atom. The fourth-order valence-corrected chi connectivity index (χ4v) is 2.63. The van der Waals surface area contributed by atoms with Crippen LogP contribution in [-0.2, 0) is 17.9 Å². The SMILES string of the molecule is CC(C(=O)O)c1ccc(N2Cc3ccccc3C2)cc1. The molecule has 2 aromatic rings. The van der Waals surface area contributed by atoms with Gasteiger partial charge in [-0.15, -0.1) is 0 Å². The molecule has 3 nitrogen and oxygen atoms in total. The van der Waals surface area contributed by atoms with Gasteiger partial charge in [0, 0.05) is 18.8 Å². The van der Waals surface area contributed by atoms with Crippen molar-refractivity contribution >= 4 is 11.7 Å². The Bertz CT molecular complexity index is 609. The van der Waals surface area contributed by atoms with E-state index in [0.717, 1.165) is 24.3 Å². The highest BCUT2D eigenvalue weighted by molar-refractivity contribution is 5.75. The van der Waals surface area contributed by atoms with Gasteiger partial charge in [-0.3, -0.25) is 4.79 Å². The van der Waals surface area contributed by atoms with Crippen LogP contribution in [0.3, 0.4) is 0 Å². The Labute approximate surface area is 118 Å². The Morgan fingerprint density at radius 1 is 1.05 bits per heavy atom. The van der Waals surface area contributed by atoms with Crippen LogP contribution < -0.4 is 4.90 Å². The first-order valence-corrected chi connectivity index (χ1v) is 6.79. The summed E-state index contributed by atoms with van der Waals surface area (Å²) in [7, 11) is 0. The molecule has 1 unspecified atom stereocenters. The molecule has 1 heterocycles. The summed E-state index contributed by atoms with van der Waals surface area (Å²) in [4.78, 5) is 13.3. The molecule has 0 bridgehead atoms. The number of aliphatic carboxylic acids is 1. The zero-order chi connectivity index (χ0) is 14.1. The zero-order valence-corrected chi connectivity index (χ0v) is 11.4. The molecule has 2 aromatic carbocycles. The number of hydrogen-bond acceptors (Lipinski definition) is 2. The van der Waals surface area contributed by atoms with Crippen LogP contribution in [0.5, 0.6) is 0 Å². The lowest BCUT2D eigenvalue weighted by Gasteiger charge is -2.18. The fraction of sp³-hybridized carbons (Fsp3) is 0.235. The molecule has 0 saturated heterocycles. The zero-order valence-electron chi connectivity index (χ0n) is 11.4. The first-order valence-electron chi connectivity index (χ1n) is 6.79. The minimum Gasteiger partial charge on any atom is -0.481 e. The van der Waals surface area contributed by atoms with E-state index in [0.29, 0.717) is 0 Å². The highest BCUT2D eigenvalue weighted by Crippen LogP contribution is 2.29. The van der Waals surface area contributed by atoms with Gasteiger partial charge in [-0.1, -0.05) is 36.4 Å². The second kappa shape index (κ2) is 5.00. The minimum atomic E-state index is -0.786. The van der Waals surface area contributed by atoms with E-state index in [1.165, 1.54) is 11.1 Å². The Balaban J connectivity index is 1.79. The van der Waals surface area contributed by atoms with E-state index in [-0.39, 0.29) is 0 Å². The topological polar surface area (TPSA) is 40.5 Å². The monoisotopic (exact) mass is 267 g/mol. The number of benzene rings is 2. The van der Waals surface area contributed by atoms with Crippen LogP contribution in [0.4, 0.5) is 5.69 Å². The Morgan fingerprint density at radius 3 is 2.10 bits per heavy atom. The molecule has 3 rings (SSSR count). The maximum absolute atomic E-state index is 11.0. The maximum atomic E-state index is 11.0. The van der Waals surface area contributed by atoms with Crippen molar-refractivity contribution in [1.82, 2.24) is 0 Å². The van der Waals surface area contributed by atoms with Crippen LogP contribution in [0.2, 0.25) is 0 Å². The van der Waals surface area contributed by atoms with Crippen molar-refractivity contribution in [2.45, 2.75) is 25.9 Å². The number of nitrogens with zero attached hydrogens (tertiary/aromatic N) is 1. The molecule has 0 aromatic heterocycles. The summed E-state index contributed by atoms with van der Waals surface area (Å²) in [5.41, 5.74) is 4.73. The van der Waals surface area contributed by atoms with E-state index < -0.39 is 11.9 Å². The molecule has 20 heavy (non-hydrogen) atoms. The van der Waals surface area contributed by atoms with Gasteiger partial charge >= 0.3 is 5.97 Å². The predicted octanol–water partition coefficient (Wildman–Crippen LogP) is 3.39. The van der Waals surface area contributed by atoms with Crippen LogP contribution in [0, 0.1) is 0 Å². The van der Waals surface area contributed by atoms with E-state index in [2.05, 4.69) is 29.2 Å². The molecule has 1 aliphatic rings. The second-order valence-electron chi connectivity index (χ2n) is 5.28. The van der Waals surface area contributed by atoms with Crippen LogP contribution in [-0.4, -0.2) is 11.1 Å². The third-order valence-electron chi connectivity index (χ3n) is 3.97. The van der Waals surface area contributed by atoms with Crippen molar-refractivity contribution in [2.75, 3.05) is 4.90 Å². The van der Waals surface area contributed by atoms with Gasteiger partial charge in [0.15, 0.2) is 0 Å². The third-order valence-corrected chi connectivity index (χ3v) is 3.97. The highest BCUT2D eigenvalue weighted by Gasteiger charge is 2.19. The number of carbonyl (C=O) groups is 1. The summed E-state index contributed by atoms with van der Waals surface area (Å²) in [6, 6.07) is 16.3. The van der Waals surface area contributed by atoms with Crippen LogP contribution in [0.1, 0.15) is 29.5 Å². The molecule has 0 saturated carbocycles. The smallest absolute Gasteiger partial charge is 0.310 e. The van der Waals surface area contributed by atoms with Crippen molar-refractivity contribution in [3.8, 4) is 0 Å². The summed E-state index contributed by atoms with van der Waals surface area (Å²) in [6.45, 7) is 3.55. The number of hydrogen-bond donors (Lipinski definition) is 1. The number of carboxylic acid groups (broad SMARTS) is 1. The fourth-order valence-electron chi connectivity index (χ4n) is 2.63. The summed E-state index contributed by atoms with van der Waals surface area (Å²) < 4.78 is 0. The Hall–Kier alpha value is -2.29. The molecule has 0 spiro atoms. The first kappa shape index (κ1) is 12.7. The summed E-state index contributed by atoms with van der Waals surface area (Å²) >= 11 is 0. The number of rotatable bonds is 3. The molecule has 3 heteroatoms. The van der Waals surface area contributed by atoms with Gasteiger partial charge in [0.1, 0.15) is 0 Å². The summed E-state index contributed by atoms with van der Waals surface area (Å²) in [5, 5.41) is 9.02. The molecular weight excluding hydrogens is 250 g/mol. The lowest BCUT2D eigenvalue weighted by molar-refractivity contribution is -0.138. The Kier molecular flexibility index (Phi) is 3.18. The molecule has 1 N–H and O–H groups in total. The number of fused-ring (bicyclic) bond motifs is 1. The quantitative estimate of drug-likeness (QED) is 0.926. The van der Waals surface area contributed by atoms with Gasteiger partial charge in [0.25, 0.3) is 0 Å². The molecule has 102 valence electrons.